The van der Waals surface area contributed by atoms with Crippen LogP contribution in [0.2, 0.25) is 0 Å². The second-order valence-corrected chi connectivity index (χ2v) is 7.31. The molecule has 0 saturated carbocycles. The van der Waals surface area contributed by atoms with Crippen molar-refractivity contribution in [3.8, 4) is 11.1 Å². The Bertz CT molecular complexity index is 974. The van der Waals surface area contributed by atoms with Crippen molar-refractivity contribution in [2.75, 3.05) is 11.9 Å². The highest BCUT2D eigenvalue weighted by Crippen LogP contribution is 2.23. The van der Waals surface area contributed by atoms with Crippen molar-refractivity contribution in [3.05, 3.63) is 78.5 Å². The van der Waals surface area contributed by atoms with Gasteiger partial charge in [0.25, 0.3) is 0 Å². The van der Waals surface area contributed by atoms with E-state index in [4.69, 9.17) is 5.14 Å². The third kappa shape index (κ3) is 4.26. The van der Waals surface area contributed by atoms with E-state index in [1.807, 2.05) is 54.6 Å². The zero-order valence-corrected chi connectivity index (χ0v) is 14.7. The molecule has 2 aromatic carbocycles. The van der Waals surface area contributed by atoms with E-state index < -0.39 is 16.1 Å². The average Bonchev–Trinajstić information content (AvgIpc) is 2.66. The van der Waals surface area contributed by atoms with Gasteiger partial charge in [-0.15, -0.1) is 0 Å². The molecule has 1 atom stereocenters. The fraction of sp³-hybridized carbons (Fsp3) is 0.105. The molecule has 0 aliphatic carbocycles. The summed E-state index contributed by atoms with van der Waals surface area (Å²) >= 11 is 0. The number of nitrogens with one attached hydrogen (secondary N) is 1. The van der Waals surface area contributed by atoms with Crippen molar-refractivity contribution in [2.24, 2.45) is 5.14 Å². The van der Waals surface area contributed by atoms with Crippen LogP contribution in [0.4, 0.5) is 5.82 Å². The Kier molecular flexibility index (Phi) is 5.32. The van der Waals surface area contributed by atoms with Crippen LogP contribution in [0.15, 0.2) is 77.8 Å². The van der Waals surface area contributed by atoms with Crippen LogP contribution in [0.3, 0.4) is 0 Å². The number of sulfonamides is 1. The number of aliphatic hydroxyl groups excluding tert-OH is 1. The second kappa shape index (κ2) is 7.65. The predicted octanol–water partition coefficient (Wildman–Crippen LogP) is 2.54. The van der Waals surface area contributed by atoms with E-state index in [-0.39, 0.29) is 17.3 Å². The van der Waals surface area contributed by atoms with Crippen molar-refractivity contribution in [3.63, 3.8) is 0 Å². The number of rotatable bonds is 6. The number of nitrogens with zero attached hydrogens (tertiary/aromatic N) is 1. The lowest BCUT2D eigenvalue weighted by Crippen LogP contribution is -2.18. The van der Waals surface area contributed by atoms with Crippen LogP contribution in [-0.4, -0.2) is 25.1 Å². The van der Waals surface area contributed by atoms with Crippen LogP contribution < -0.4 is 10.5 Å². The monoisotopic (exact) mass is 369 g/mol. The third-order valence-electron chi connectivity index (χ3n) is 3.94. The molecule has 3 aromatic rings. The largest absolute Gasteiger partial charge is 0.387 e. The van der Waals surface area contributed by atoms with Crippen molar-refractivity contribution in [1.29, 1.82) is 0 Å². The number of aliphatic hydroxyl groups is 1. The van der Waals surface area contributed by atoms with E-state index in [9.17, 15) is 13.5 Å². The fourth-order valence-corrected chi connectivity index (χ4v) is 3.26. The number of hydrogen-bond donors (Lipinski definition) is 3. The highest BCUT2D eigenvalue weighted by molar-refractivity contribution is 7.89. The number of primary sulfonamides is 1. The maximum Gasteiger partial charge on any atom is 0.241 e. The lowest BCUT2D eigenvalue weighted by molar-refractivity contribution is 0.191. The van der Waals surface area contributed by atoms with E-state index in [1.54, 1.807) is 0 Å². The molecule has 134 valence electrons. The summed E-state index contributed by atoms with van der Waals surface area (Å²) < 4.78 is 23.2. The molecule has 1 unspecified atom stereocenters. The highest BCUT2D eigenvalue weighted by atomic mass is 32.2. The van der Waals surface area contributed by atoms with Gasteiger partial charge in [0.2, 0.25) is 10.0 Å². The van der Waals surface area contributed by atoms with Gasteiger partial charge < -0.3 is 10.4 Å². The van der Waals surface area contributed by atoms with Crippen LogP contribution >= 0.6 is 0 Å². The standard InChI is InChI=1S/C19H19N3O3S/c20-26(24,25)18-7-4-12-21-19(18)22-13-17(23)16-10-8-15(9-11-16)14-5-2-1-3-6-14/h1-12,17,23H,13H2,(H,21,22)(H2,20,24,25). The zero-order chi connectivity index (χ0) is 18.6. The maximum absolute atomic E-state index is 11.6. The topological polar surface area (TPSA) is 105 Å². The van der Waals surface area contributed by atoms with E-state index >= 15 is 0 Å². The molecule has 0 aliphatic heterocycles. The first-order valence-electron chi connectivity index (χ1n) is 8.00. The Morgan fingerprint density at radius 1 is 0.962 bits per heavy atom. The van der Waals surface area contributed by atoms with E-state index in [0.29, 0.717) is 5.56 Å². The van der Waals surface area contributed by atoms with Crippen LogP contribution in [0, 0.1) is 0 Å². The zero-order valence-electron chi connectivity index (χ0n) is 13.9. The molecule has 0 fully saturated rings. The molecule has 4 N–H and O–H groups in total. The molecule has 7 heteroatoms. The van der Waals surface area contributed by atoms with Crippen molar-refractivity contribution in [2.45, 2.75) is 11.0 Å². The highest BCUT2D eigenvalue weighted by Gasteiger charge is 2.16. The number of hydrogen-bond acceptors (Lipinski definition) is 5. The van der Waals surface area contributed by atoms with Gasteiger partial charge in [-0.3, -0.25) is 0 Å². The summed E-state index contributed by atoms with van der Waals surface area (Å²) in [6, 6.07) is 20.3. The van der Waals surface area contributed by atoms with Gasteiger partial charge in [0.05, 0.1) is 6.10 Å². The van der Waals surface area contributed by atoms with Crippen LogP contribution in [0.25, 0.3) is 11.1 Å². The number of pyridine rings is 1. The van der Waals surface area contributed by atoms with Gasteiger partial charge in [0.1, 0.15) is 10.7 Å². The normalized spacial score (nSPS) is 12.5. The minimum atomic E-state index is -3.89. The molecular weight excluding hydrogens is 350 g/mol. The number of aromatic nitrogens is 1. The number of anilines is 1. The van der Waals surface area contributed by atoms with Crippen molar-refractivity contribution < 1.29 is 13.5 Å². The Hall–Kier alpha value is -2.74. The van der Waals surface area contributed by atoms with Gasteiger partial charge >= 0.3 is 0 Å². The lowest BCUT2D eigenvalue weighted by Gasteiger charge is -2.15. The third-order valence-corrected chi connectivity index (χ3v) is 4.89. The molecule has 0 spiro atoms. The van der Waals surface area contributed by atoms with Gasteiger partial charge in [-0.25, -0.2) is 18.5 Å². The molecule has 0 aliphatic rings. The summed E-state index contributed by atoms with van der Waals surface area (Å²) in [5.74, 6) is 0.120. The Morgan fingerprint density at radius 3 is 2.27 bits per heavy atom. The first-order chi connectivity index (χ1) is 12.4. The summed E-state index contributed by atoms with van der Waals surface area (Å²) in [5.41, 5.74) is 2.86. The van der Waals surface area contributed by atoms with Gasteiger partial charge in [0, 0.05) is 12.7 Å². The van der Waals surface area contributed by atoms with Crippen molar-refractivity contribution in [1.82, 2.24) is 4.98 Å². The average molecular weight is 369 g/mol. The summed E-state index contributed by atoms with van der Waals surface area (Å²) in [5, 5.41) is 18.4. The molecule has 0 amide bonds. The lowest BCUT2D eigenvalue weighted by atomic mass is 10.0. The van der Waals surface area contributed by atoms with Gasteiger partial charge in [-0.1, -0.05) is 54.6 Å². The summed E-state index contributed by atoms with van der Waals surface area (Å²) in [4.78, 5) is 3.88. The number of nitrogens with two attached hydrogens (primary N) is 1. The van der Waals surface area contributed by atoms with Gasteiger partial charge in [-0.2, -0.15) is 0 Å². The molecule has 0 bridgehead atoms. The molecule has 3 rings (SSSR count). The minimum Gasteiger partial charge on any atom is -0.387 e. The first-order valence-corrected chi connectivity index (χ1v) is 9.55. The number of benzene rings is 2. The fourth-order valence-electron chi connectivity index (χ4n) is 2.59. The summed E-state index contributed by atoms with van der Waals surface area (Å²) in [7, 11) is -3.89. The molecule has 1 aromatic heterocycles. The molecule has 26 heavy (non-hydrogen) atoms. The maximum atomic E-state index is 11.6. The molecule has 0 saturated heterocycles. The summed E-state index contributed by atoms with van der Waals surface area (Å²) in [6.07, 6.45) is 0.632. The van der Waals surface area contributed by atoms with Gasteiger partial charge in [0.15, 0.2) is 0 Å². The smallest absolute Gasteiger partial charge is 0.241 e. The van der Waals surface area contributed by atoms with E-state index in [0.717, 1.165) is 11.1 Å². The Labute approximate surface area is 152 Å². The predicted molar refractivity (Wildman–Crippen MR) is 101 cm³/mol. The quantitative estimate of drug-likeness (QED) is 0.619. The van der Waals surface area contributed by atoms with Crippen LogP contribution in [0.5, 0.6) is 0 Å². The second-order valence-electron chi connectivity index (χ2n) is 5.78. The summed E-state index contributed by atoms with van der Waals surface area (Å²) in [6.45, 7) is 0.101. The molecular formula is C19H19N3O3S. The van der Waals surface area contributed by atoms with E-state index in [2.05, 4.69) is 10.3 Å². The first kappa shape index (κ1) is 18.1. The SMILES string of the molecule is NS(=O)(=O)c1cccnc1NCC(O)c1ccc(-c2ccccc2)cc1. The van der Waals surface area contributed by atoms with Crippen LogP contribution in [-0.2, 0) is 10.0 Å². The Balaban J connectivity index is 1.71. The molecule has 6 nitrogen and oxygen atoms in total. The van der Waals surface area contributed by atoms with E-state index in [1.165, 1.54) is 18.3 Å². The van der Waals surface area contributed by atoms with Gasteiger partial charge in [-0.05, 0) is 28.8 Å². The van der Waals surface area contributed by atoms with Crippen LogP contribution in [0.1, 0.15) is 11.7 Å². The Morgan fingerprint density at radius 2 is 1.62 bits per heavy atom. The van der Waals surface area contributed by atoms with Crippen molar-refractivity contribution >= 4 is 15.8 Å². The molecule has 1 heterocycles. The molecule has 0 radical (unpaired) electrons. The minimum absolute atomic E-state index is 0.101.